The molecule has 116 valence electrons. The molecule has 0 atom stereocenters. The third kappa shape index (κ3) is 2.50. The van der Waals surface area contributed by atoms with Gasteiger partial charge in [0.25, 0.3) is 5.91 Å². The average molecular weight is 348 g/mol. The summed E-state index contributed by atoms with van der Waals surface area (Å²) in [6.07, 6.45) is 0. The van der Waals surface area contributed by atoms with E-state index in [9.17, 15) is 14.7 Å². The van der Waals surface area contributed by atoms with Gasteiger partial charge in [-0.05, 0) is 31.2 Å². The number of rotatable bonds is 2. The Morgan fingerprint density at radius 2 is 1.78 bits per heavy atom. The van der Waals surface area contributed by atoms with Gasteiger partial charge in [0.1, 0.15) is 0 Å². The largest absolute Gasteiger partial charge is 0.478 e. The van der Waals surface area contributed by atoms with Crippen molar-refractivity contribution in [2.75, 3.05) is 0 Å². The lowest BCUT2D eigenvalue weighted by molar-refractivity contribution is 0.0698. The SMILES string of the molecule is Cc1c(C(=O)O)c2ccccc2n1C(=O)c1cc(Cl)ccc1Cl. The van der Waals surface area contributed by atoms with Crippen molar-refractivity contribution in [3.8, 4) is 0 Å². The van der Waals surface area contributed by atoms with E-state index in [0.717, 1.165) is 0 Å². The zero-order chi connectivity index (χ0) is 16.7. The number of para-hydroxylation sites is 1. The van der Waals surface area contributed by atoms with Crippen molar-refractivity contribution in [3.05, 3.63) is 69.3 Å². The minimum atomic E-state index is -1.08. The van der Waals surface area contributed by atoms with Crippen LogP contribution < -0.4 is 0 Å². The minimum Gasteiger partial charge on any atom is -0.478 e. The molecular weight excluding hydrogens is 337 g/mol. The number of nitrogens with zero attached hydrogens (tertiary/aromatic N) is 1. The van der Waals surface area contributed by atoms with Gasteiger partial charge in [0.2, 0.25) is 0 Å². The monoisotopic (exact) mass is 347 g/mol. The van der Waals surface area contributed by atoms with E-state index < -0.39 is 11.9 Å². The molecular formula is C17H11Cl2NO3. The number of carboxylic acid groups (broad SMARTS) is 1. The quantitative estimate of drug-likeness (QED) is 0.734. The molecule has 0 unspecified atom stereocenters. The van der Waals surface area contributed by atoms with Gasteiger partial charge in [-0.3, -0.25) is 9.36 Å². The first kappa shape index (κ1) is 15.6. The highest BCUT2D eigenvalue weighted by molar-refractivity contribution is 6.36. The summed E-state index contributed by atoms with van der Waals surface area (Å²) in [5.41, 5.74) is 1.19. The molecule has 3 aromatic rings. The van der Waals surface area contributed by atoms with Gasteiger partial charge in [-0.25, -0.2) is 4.79 Å². The van der Waals surface area contributed by atoms with Crippen LogP contribution in [0.25, 0.3) is 10.9 Å². The van der Waals surface area contributed by atoms with Crippen LogP contribution in [-0.4, -0.2) is 21.6 Å². The molecule has 23 heavy (non-hydrogen) atoms. The van der Waals surface area contributed by atoms with E-state index in [4.69, 9.17) is 23.2 Å². The Morgan fingerprint density at radius 1 is 1.09 bits per heavy atom. The maximum atomic E-state index is 12.9. The van der Waals surface area contributed by atoms with Gasteiger partial charge >= 0.3 is 5.97 Å². The van der Waals surface area contributed by atoms with Gasteiger partial charge in [0.05, 0.1) is 21.7 Å². The second-order valence-electron chi connectivity index (χ2n) is 5.05. The summed E-state index contributed by atoms with van der Waals surface area (Å²) < 4.78 is 1.36. The minimum absolute atomic E-state index is 0.104. The van der Waals surface area contributed by atoms with Crippen LogP contribution in [0.5, 0.6) is 0 Å². The highest BCUT2D eigenvalue weighted by Crippen LogP contribution is 2.29. The van der Waals surface area contributed by atoms with Crippen molar-refractivity contribution in [2.45, 2.75) is 6.92 Å². The van der Waals surface area contributed by atoms with Gasteiger partial charge in [-0.1, -0.05) is 41.4 Å². The second-order valence-corrected chi connectivity index (χ2v) is 5.89. The molecule has 6 heteroatoms. The van der Waals surface area contributed by atoms with Crippen molar-refractivity contribution in [1.82, 2.24) is 4.57 Å². The van der Waals surface area contributed by atoms with Crippen LogP contribution in [0.1, 0.15) is 26.4 Å². The lowest BCUT2D eigenvalue weighted by atomic mass is 10.1. The molecule has 1 heterocycles. The number of hydrogen-bond donors (Lipinski definition) is 1. The maximum absolute atomic E-state index is 12.9. The molecule has 0 saturated heterocycles. The van der Waals surface area contributed by atoms with Crippen molar-refractivity contribution < 1.29 is 14.7 Å². The smallest absolute Gasteiger partial charge is 0.338 e. The first-order valence-electron chi connectivity index (χ1n) is 6.75. The van der Waals surface area contributed by atoms with Crippen LogP contribution in [0.15, 0.2) is 42.5 Å². The topological polar surface area (TPSA) is 59.3 Å². The fraction of sp³-hybridized carbons (Fsp3) is 0.0588. The van der Waals surface area contributed by atoms with E-state index in [1.807, 2.05) is 0 Å². The van der Waals surface area contributed by atoms with Crippen LogP contribution in [-0.2, 0) is 0 Å². The number of aromatic carboxylic acids is 1. The van der Waals surface area contributed by atoms with E-state index in [2.05, 4.69) is 0 Å². The molecule has 1 aromatic heterocycles. The van der Waals surface area contributed by atoms with E-state index in [1.54, 1.807) is 37.3 Å². The number of fused-ring (bicyclic) bond motifs is 1. The van der Waals surface area contributed by atoms with Crippen molar-refractivity contribution in [3.63, 3.8) is 0 Å². The van der Waals surface area contributed by atoms with Gasteiger partial charge in [-0.15, -0.1) is 0 Å². The number of carbonyl (C=O) groups excluding carboxylic acids is 1. The predicted octanol–water partition coefficient (Wildman–Crippen LogP) is 4.64. The van der Waals surface area contributed by atoms with Crippen LogP contribution in [0.4, 0.5) is 0 Å². The maximum Gasteiger partial charge on any atom is 0.338 e. The van der Waals surface area contributed by atoms with Crippen LogP contribution in [0, 0.1) is 6.92 Å². The van der Waals surface area contributed by atoms with Gasteiger partial charge < -0.3 is 5.11 Å². The Kier molecular flexibility index (Phi) is 3.88. The van der Waals surface area contributed by atoms with Crippen LogP contribution in [0.3, 0.4) is 0 Å². The number of carbonyl (C=O) groups is 2. The molecule has 0 radical (unpaired) electrons. The first-order chi connectivity index (χ1) is 10.9. The molecule has 0 fully saturated rings. The van der Waals surface area contributed by atoms with Gasteiger partial charge in [0.15, 0.2) is 0 Å². The highest BCUT2D eigenvalue weighted by Gasteiger charge is 2.24. The summed E-state index contributed by atoms with van der Waals surface area (Å²) >= 11 is 12.1. The molecule has 0 aliphatic carbocycles. The molecule has 0 saturated carbocycles. The normalized spacial score (nSPS) is 10.9. The van der Waals surface area contributed by atoms with E-state index in [0.29, 0.717) is 21.6 Å². The fourth-order valence-corrected chi connectivity index (χ4v) is 3.05. The Morgan fingerprint density at radius 3 is 2.48 bits per heavy atom. The Labute approximate surface area is 141 Å². The third-order valence-corrected chi connectivity index (χ3v) is 4.25. The second kappa shape index (κ2) is 5.72. The summed E-state index contributed by atoms with van der Waals surface area (Å²) in [4.78, 5) is 24.5. The fourth-order valence-electron chi connectivity index (χ4n) is 2.68. The van der Waals surface area contributed by atoms with Crippen molar-refractivity contribution >= 4 is 46.0 Å². The van der Waals surface area contributed by atoms with Crippen molar-refractivity contribution in [1.29, 1.82) is 0 Å². The lowest BCUT2D eigenvalue weighted by Crippen LogP contribution is -2.15. The average Bonchev–Trinajstić information content (AvgIpc) is 2.81. The molecule has 3 rings (SSSR count). The van der Waals surface area contributed by atoms with E-state index in [1.165, 1.54) is 16.7 Å². The number of benzene rings is 2. The van der Waals surface area contributed by atoms with Gasteiger partial charge in [0, 0.05) is 16.1 Å². The Hall–Kier alpha value is -2.30. The zero-order valence-electron chi connectivity index (χ0n) is 12.0. The summed E-state index contributed by atoms with van der Waals surface area (Å²) in [6.45, 7) is 1.60. The van der Waals surface area contributed by atoms with Gasteiger partial charge in [-0.2, -0.15) is 0 Å². The molecule has 0 spiro atoms. The molecule has 4 nitrogen and oxygen atoms in total. The first-order valence-corrected chi connectivity index (χ1v) is 7.50. The van der Waals surface area contributed by atoms with E-state index in [-0.39, 0.29) is 16.1 Å². The lowest BCUT2D eigenvalue weighted by Gasteiger charge is -2.09. The Balaban J connectivity index is 2.32. The third-order valence-electron chi connectivity index (χ3n) is 3.69. The predicted molar refractivity (Wildman–Crippen MR) is 89.8 cm³/mol. The Bertz CT molecular complexity index is 960. The number of hydrogen-bond acceptors (Lipinski definition) is 2. The molecule has 0 bridgehead atoms. The molecule has 0 aliphatic rings. The summed E-state index contributed by atoms with van der Waals surface area (Å²) in [6, 6.07) is 11.5. The number of halogens is 2. The van der Waals surface area contributed by atoms with Crippen LogP contribution in [0.2, 0.25) is 10.0 Å². The summed E-state index contributed by atoms with van der Waals surface area (Å²) in [5.74, 6) is -1.50. The van der Waals surface area contributed by atoms with Crippen LogP contribution >= 0.6 is 23.2 Å². The standard InChI is InChI=1S/C17H11Cl2NO3/c1-9-15(17(22)23)11-4-2-3-5-14(11)20(9)16(21)12-8-10(18)6-7-13(12)19/h2-8H,1H3,(H,22,23). The summed E-state index contributed by atoms with van der Waals surface area (Å²) in [7, 11) is 0. The number of aromatic nitrogens is 1. The molecule has 2 aromatic carbocycles. The molecule has 0 amide bonds. The molecule has 0 aliphatic heterocycles. The number of carboxylic acids is 1. The van der Waals surface area contributed by atoms with Crippen molar-refractivity contribution in [2.24, 2.45) is 0 Å². The summed E-state index contributed by atoms with van der Waals surface area (Å²) in [5, 5.41) is 10.6. The molecule has 1 N–H and O–H groups in total. The highest BCUT2D eigenvalue weighted by atomic mass is 35.5. The zero-order valence-corrected chi connectivity index (χ0v) is 13.5. The van der Waals surface area contributed by atoms with E-state index >= 15 is 0 Å².